The van der Waals surface area contributed by atoms with Crippen molar-refractivity contribution in [2.45, 2.75) is 0 Å². The van der Waals surface area contributed by atoms with E-state index in [0.717, 1.165) is 0 Å². The molecule has 0 radical (unpaired) electrons. The Balaban J connectivity index is 2.92. The molecule has 1 aromatic carbocycles. The summed E-state index contributed by atoms with van der Waals surface area (Å²) in [5.41, 5.74) is 7.66. The average Bonchev–Trinajstić information content (AvgIpc) is 2.18. The third-order valence-corrected chi connectivity index (χ3v) is 2.40. The van der Waals surface area contributed by atoms with Gasteiger partial charge in [0.1, 0.15) is 0 Å². The third-order valence-electron chi connectivity index (χ3n) is 1.48. The normalized spacial score (nSPS) is 10.5. The Kier molecular flexibility index (Phi) is 4.21. The van der Waals surface area contributed by atoms with E-state index < -0.39 is 11.6 Å². The molecule has 0 aliphatic carbocycles. The van der Waals surface area contributed by atoms with Crippen LogP contribution in [0.3, 0.4) is 0 Å². The minimum atomic E-state index is -0.671. The SMILES string of the molecule is NC(=S)NN=Cc1ccc(I)c(F)c1O. The molecule has 0 aliphatic rings. The number of thiocarbonyl (C=S) groups is 1. The molecule has 0 fully saturated rings. The van der Waals surface area contributed by atoms with Crippen LogP contribution in [0, 0.1) is 9.39 Å². The highest BCUT2D eigenvalue weighted by atomic mass is 127. The molecule has 0 spiro atoms. The molecule has 0 aromatic heterocycles. The summed E-state index contributed by atoms with van der Waals surface area (Å²) in [5.74, 6) is -1.12. The zero-order valence-corrected chi connectivity index (χ0v) is 10.3. The number of phenols is 1. The highest BCUT2D eigenvalue weighted by molar-refractivity contribution is 14.1. The van der Waals surface area contributed by atoms with Gasteiger partial charge in [0.15, 0.2) is 16.7 Å². The number of rotatable bonds is 2. The minimum Gasteiger partial charge on any atom is -0.504 e. The summed E-state index contributed by atoms with van der Waals surface area (Å²) in [6.45, 7) is 0. The lowest BCUT2D eigenvalue weighted by atomic mass is 10.2. The Labute approximate surface area is 104 Å². The molecule has 0 aliphatic heterocycles. The molecule has 4 N–H and O–H groups in total. The summed E-state index contributed by atoms with van der Waals surface area (Å²) < 4.78 is 13.5. The van der Waals surface area contributed by atoms with Gasteiger partial charge in [0.25, 0.3) is 0 Å². The Morgan fingerprint density at radius 3 is 2.93 bits per heavy atom. The molecule has 0 amide bonds. The molecule has 80 valence electrons. The molecule has 0 unspecified atom stereocenters. The van der Waals surface area contributed by atoms with Gasteiger partial charge in [0.2, 0.25) is 0 Å². The number of halogens is 2. The van der Waals surface area contributed by atoms with Crippen molar-refractivity contribution in [3.05, 3.63) is 27.1 Å². The summed E-state index contributed by atoms with van der Waals surface area (Å²) >= 11 is 6.28. The van der Waals surface area contributed by atoms with Crippen molar-refractivity contribution in [3.63, 3.8) is 0 Å². The predicted octanol–water partition coefficient (Wildman–Crippen LogP) is 1.30. The summed E-state index contributed by atoms with van der Waals surface area (Å²) in [6.07, 6.45) is 1.23. The van der Waals surface area contributed by atoms with E-state index >= 15 is 0 Å². The first kappa shape index (κ1) is 12.1. The van der Waals surface area contributed by atoms with Crippen molar-refractivity contribution >= 4 is 46.1 Å². The van der Waals surface area contributed by atoms with Crippen molar-refractivity contribution < 1.29 is 9.50 Å². The van der Waals surface area contributed by atoms with E-state index in [1.165, 1.54) is 18.3 Å². The molecule has 4 nitrogen and oxygen atoms in total. The molecule has 1 rings (SSSR count). The van der Waals surface area contributed by atoms with Crippen molar-refractivity contribution in [1.82, 2.24) is 5.43 Å². The number of benzene rings is 1. The highest BCUT2D eigenvalue weighted by Crippen LogP contribution is 2.23. The zero-order chi connectivity index (χ0) is 11.4. The van der Waals surface area contributed by atoms with Gasteiger partial charge in [-0.25, -0.2) is 4.39 Å². The van der Waals surface area contributed by atoms with Crippen molar-refractivity contribution in [2.75, 3.05) is 0 Å². The van der Waals surface area contributed by atoms with E-state index in [-0.39, 0.29) is 10.7 Å². The van der Waals surface area contributed by atoms with E-state index in [2.05, 4.69) is 22.7 Å². The second-order valence-corrected chi connectivity index (χ2v) is 4.14. The Hall–Kier alpha value is -0.960. The van der Waals surface area contributed by atoms with Crippen LogP contribution in [-0.2, 0) is 0 Å². The van der Waals surface area contributed by atoms with Crippen LogP contribution in [0.25, 0.3) is 0 Å². The van der Waals surface area contributed by atoms with Gasteiger partial charge in [-0.15, -0.1) is 0 Å². The monoisotopic (exact) mass is 339 g/mol. The van der Waals surface area contributed by atoms with E-state index in [0.29, 0.717) is 3.57 Å². The lowest BCUT2D eigenvalue weighted by Crippen LogP contribution is -2.24. The standard InChI is InChI=1S/C8H7FIN3OS/c9-6-5(10)2-1-4(7(6)14)3-12-13-8(11)15/h1-3,14H,(H3,11,13,15). The molecule has 15 heavy (non-hydrogen) atoms. The molecule has 0 heterocycles. The van der Waals surface area contributed by atoms with Crippen molar-refractivity contribution in [3.8, 4) is 5.75 Å². The molecule has 0 saturated carbocycles. The van der Waals surface area contributed by atoms with Crippen LogP contribution >= 0.6 is 34.8 Å². The van der Waals surface area contributed by atoms with Gasteiger partial charge in [-0.2, -0.15) is 5.10 Å². The molecular formula is C8H7FIN3OS. The average molecular weight is 339 g/mol. The van der Waals surface area contributed by atoms with E-state index in [9.17, 15) is 9.50 Å². The topological polar surface area (TPSA) is 70.6 Å². The number of hydrazone groups is 1. The van der Waals surface area contributed by atoms with Crippen molar-refractivity contribution in [1.29, 1.82) is 0 Å². The first-order valence-electron chi connectivity index (χ1n) is 3.78. The summed E-state index contributed by atoms with van der Waals surface area (Å²) in [5, 5.41) is 13.0. The Morgan fingerprint density at radius 2 is 2.33 bits per heavy atom. The second kappa shape index (κ2) is 5.21. The van der Waals surface area contributed by atoms with Crippen LogP contribution in [0.1, 0.15) is 5.56 Å². The van der Waals surface area contributed by atoms with Crippen LogP contribution < -0.4 is 11.2 Å². The Morgan fingerprint density at radius 1 is 1.67 bits per heavy atom. The van der Waals surface area contributed by atoms with E-state index in [4.69, 9.17) is 5.73 Å². The number of nitrogens with one attached hydrogen (secondary N) is 1. The maximum atomic E-state index is 13.2. The fraction of sp³-hybridized carbons (Fsp3) is 0. The maximum absolute atomic E-state index is 13.2. The second-order valence-electron chi connectivity index (χ2n) is 2.53. The van der Waals surface area contributed by atoms with Gasteiger partial charge in [0.05, 0.1) is 9.78 Å². The van der Waals surface area contributed by atoms with Gasteiger partial charge in [-0.05, 0) is 46.9 Å². The van der Waals surface area contributed by atoms with Crippen LogP contribution in [0.5, 0.6) is 5.75 Å². The van der Waals surface area contributed by atoms with Gasteiger partial charge in [0, 0.05) is 5.56 Å². The fourth-order valence-electron chi connectivity index (χ4n) is 0.824. The molecule has 7 heteroatoms. The Bertz CT molecular complexity index is 425. The first-order valence-corrected chi connectivity index (χ1v) is 5.26. The molecule has 0 saturated heterocycles. The molecule has 0 atom stereocenters. The first-order chi connectivity index (χ1) is 7.02. The minimum absolute atomic E-state index is 0.00303. The number of hydrogen-bond donors (Lipinski definition) is 3. The lowest BCUT2D eigenvalue weighted by molar-refractivity contribution is 0.429. The number of phenolic OH excluding ortho intramolecular Hbond substituents is 1. The third kappa shape index (κ3) is 3.27. The molecular weight excluding hydrogens is 332 g/mol. The largest absolute Gasteiger partial charge is 0.504 e. The maximum Gasteiger partial charge on any atom is 0.184 e. The van der Waals surface area contributed by atoms with Gasteiger partial charge in [-0.1, -0.05) is 0 Å². The molecule has 1 aromatic rings. The predicted molar refractivity (Wildman–Crippen MR) is 68.3 cm³/mol. The summed E-state index contributed by atoms with van der Waals surface area (Å²) in [7, 11) is 0. The number of nitrogens with two attached hydrogens (primary N) is 1. The number of aromatic hydroxyl groups is 1. The smallest absolute Gasteiger partial charge is 0.184 e. The fourth-order valence-corrected chi connectivity index (χ4v) is 1.31. The van der Waals surface area contributed by atoms with Gasteiger partial charge in [-0.3, -0.25) is 5.43 Å². The van der Waals surface area contributed by atoms with E-state index in [1.807, 2.05) is 0 Å². The van der Waals surface area contributed by atoms with Crippen molar-refractivity contribution in [2.24, 2.45) is 10.8 Å². The quantitative estimate of drug-likeness (QED) is 0.329. The number of hydrogen-bond acceptors (Lipinski definition) is 3. The van der Waals surface area contributed by atoms with Crippen LogP contribution in [0.2, 0.25) is 0 Å². The van der Waals surface area contributed by atoms with Crippen LogP contribution in [-0.4, -0.2) is 16.4 Å². The van der Waals surface area contributed by atoms with Gasteiger partial charge >= 0.3 is 0 Å². The summed E-state index contributed by atoms with van der Waals surface area (Å²) in [4.78, 5) is 0. The molecule has 0 bridgehead atoms. The van der Waals surface area contributed by atoms with Crippen LogP contribution in [0.15, 0.2) is 17.2 Å². The van der Waals surface area contributed by atoms with Gasteiger partial charge < -0.3 is 10.8 Å². The zero-order valence-electron chi connectivity index (χ0n) is 7.37. The van der Waals surface area contributed by atoms with Crippen LogP contribution in [0.4, 0.5) is 4.39 Å². The summed E-state index contributed by atoms with van der Waals surface area (Å²) in [6, 6.07) is 3.06. The number of nitrogens with zero attached hydrogens (tertiary/aromatic N) is 1. The van der Waals surface area contributed by atoms with E-state index in [1.54, 1.807) is 22.6 Å². The highest BCUT2D eigenvalue weighted by Gasteiger charge is 2.08. The lowest BCUT2D eigenvalue weighted by Gasteiger charge is -2.01.